The van der Waals surface area contributed by atoms with Gasteiger partial charge in [0, 0.05) is 38.1 Å². The van der Waals surface area contributed by atoms with E-state index >= 15 is 0 Å². The summed E-state index contributed by atoms with van der Waals surface area (Å²) in [6, 6.07) is 14.3. The molecule has 0 radical (unpaired) electrons. The number of hydrogen-bond donors (Lipinski definition) is 0. The van der Waals surface area contributed by atoms with Gasteiger partial charge in [-0.2, -0.15) is 0 Å². The molecule has 2 heterocycles. The van der Waals surface area contributed by atoms with Gasteiger partial charge in [0.1, 0.15) is 5.69 Å². The van der Waals surface area contributed by atoms with E-state index in [0.717, 1.165) is 44.7 Å². The lowest BCUT2D eigenvalue weighted by Gasteiger charge is -2.24. The molecule has 0 bridgehead atoms. The zero-order valence-corrected chi connectivity index (χ0v) is 13.6. The Morgan fingerprint density at radius 3 is 2.61 bits per heavy atom. The first-order valence-electron chi connectivity index (χ1n) is 8.32. The molecule has 0 saturated carbocycles. The van der Waals surface area contributed by atoms with Crippen LogP contribution in [0, 0.1) is 0 Å². The number of rotatable bonds is 5. The zero-order chi connectivity index (χ0) is 16.1. The summed E-state index contributed by atoms with van der Waals surface area (Å²) >= 11 is 0. The number of benzene rings is 1. The first kappa shape index (κ1) is 15.5. The van der Waals surface area contributed by atoms with Crippen molar-refractivity contribution < 1.29 is 4.79 Å². The van der Waals surface area contributed by atoms with Crippen molar-refractivity contribution in [3.63, 3.8) is 0 Å². The number of aromatic nitrogens is 1. The maximum absolute atomic E-state index is 12.5. The third-order valence-corrected chi connectivity index (χ3v) is 4.32. The topological polar surface area (TPSA) is 36.4 Å². The zero-order valence-electron chi connectivity index (χ0n) is 13.6. The van der Waals surface area contributed by atoms with E-state index in [-0.39, 0.29) is 5.91 Å². The first-order chi connectivity index (χ1) is 11.3. The molecule has 23 heavy (non-hydrogen) atoms. The Hall–Kier alpha value is -2.36. The third-order valence-electron chi connectivity index (χ3n) is 4.32. The van der Waals surface area contributed by atoms with E-state index in [1.807, 2.05) is 23.1 Å². The van der Waals surface area contributed by atoms with Crippen molar-refractivity contribution in [2.45, 2.75) is 26.3 Å². The molecule has 0 atom stereocenters. The number of hydrogen-bond acceptors (Lipinski definition) is 3. The van der Waals surface area contributed by atoms with Crippen molar-refractivity contribution in [3.05, 3.63) is 59.9 Å². The fraction of sp³-hybridized carbons (Fsp3) is 0.368. The van der Waals surface area contributed by atoms with Gasteiger partial charge in [-0.05, 0) is 37.5 Å². The van der Waals surface area contributed by atoms with Crippen LogP contribution in [0.1, 0.15) is 35.8 Å². The van der Waals surface area contributed by atoms with Gasteiger partial charge in [0.05, 0.1) is 0 Å². The SMILES string of the molecule is CCN(Cc1ccccc1)c1ccnc(C(=O)N2CCCC2)c1. The second-order valence-corrected chi connectivity index (χ2v) is 5.90. The summed E-state index contributed by atoms with van der Waals surface area (Å²) in [5.74, 6) is 0.0557. The standard InChI is InChI=1S/C19H23N3O/c1-2-21(15-16-8-4-3-5-9-16)17-10-11-20-18(14-17)19(23)22-12-6-7-13-22/h3-5,8-11,14H,2,6-7,12-13,15H2,1H3. The van der Waals surface area contributed by atoms with Gasteiger partial charge >= 0.3 is 0 Å². The average Bonchev–Trinajstić information content (AvgIpc) is 3.14. The van der Waals surface area contributed by atoms with Crippen LogP contribution in [0.4, 0.5) is 5.69 Å². The average molecular weight is 309 g/mol. The second kappa shape index (κ2) is 7.27. The minimum atomic E-state index is 0.0557. The number of nitrogens with zero attached hydrogens (tertiary/aromatic N) is 3. The van der Waals surface area contributed by atoms with Crippen LogP contribution in [0.3, 0.4) is 0 Å². The van der Waals surface area contributed by atoms with Crippen molar-refractivity contribution in [1.29, 1.82) is 0 Å². The summed E-state index contributed by atoms with van der Waals surface area (Å²) in [6.07, 6.45) is 3.94. The molecule has 1 aromatic heterocycles. The number of carbonyl (C=O) groups excluding carboxylic acids is 1. The molecule has 0 N–H and O–H groups in total. The van der Waals surface area contributed by atoms with Gasteiger partial charge < -0.3 is 9.80 Å². The predicted octanol–water partition coefficient (Wildman–Crippen LogP) is 3.34. The molecule has 3 rings (SSSR count). The summed E-state index contributed by atoms with van der Waals surface area (Å²) < 4.78 is 0. The molecule has 1 aliphatic rings. The molecule has 4 heteroatoms. The molecule has 0 unspecified atom stereocenters. The molecule has 1 aromatic carbocycles. The predicted molar refractivity (Wildman–Crippen MR) is 92.5 cm³/mol. The van der Waals surface area contributed by atoms with E-state index in [1.54, 1.807) is 6.20 Å². The van der Waals surface area contributed by atoms with Gasteiger partial charge in [0.2, 0.25) is 0 Å². The van der Waals surface area contributed by atoms with Gasteiger partial charge in [-0.1, -0.05) is 30.3 Å². The van der Waals surface area contributed by atoms with E-state index in [4.69, 9.17) is 0 Å². The summed E-state index contributed by atoms with van der Waals surface area (Å²) in [7, 11) is 0. The Morgan fingerprint density at radius 2 is 1.91 bits per heavy atom. The molecule has 1 aliphatic heterocycles. The van der Waals surface area contributed by atoms with Gasteiger partial charge in [-0.3, -0.25) is 9.78 Å². The molecule has 0 spiro atoms. The third kappa shape index (κ3) is 3.70. The van der Waals surface area contributed by atoms with Gasteiger partial charge in [-0.25, -0.2) is 0 Å². The highest BCUT2D eigenvalue weighted by molar-refractivity contribution is 5.93. The van der Waals surface area contributed by atoms with E-state index in [0.29, 0.717) is 5.69 Å². The lowest BCUT2D eigenvalue weighted by atomic mass is 10.2. The van der Waals surface area contributed by atoms with Crippen molar-refractivity contribution in [2.75, 3.05) is 24.5 Å². The minimum Gasteiger partial charge on any atom is -0.367 e. The molecule has 4 nitrogen and oxygen atoms in total. The first-order valence-corrected chi connectivity index (χ1v) is 8.32. The molecular weight excluding hydrogens is 286 g/mol. The van der Waals surface area contributed by atoms with Crippen molar-refractivity contribution >= 4 is 11.6 Å². The number of likely N-dealkylation sites (tertiary alicyclic amines) is 1. The monoisotopic (exact) mass is 309 g/mol. The molecule has 1 amide bonds. The summed E-state index contributed by atoms with van der Waals surface area (Å²) in [5, 5.41) is 0. The van der Waals surface area contributed by atoms with E-state index in [1.165, 1.54) is 5.56 Å². The fourth-order valence-corrected chi connectivity index (χ4v) is 3.00. The van der Waals surface area contributed by atoms with E-state index < -0.39 is 0 Å². The summed E-state index contributed by atoms with van der Waals surface area (Å²) in [4.78, 5) is 21.0. The molecule has 1 fully saturated rings. The highest BCUT2D eigenvalue weighted by atomic mass is 16.2. The number of carbonyl (C=O) groups is 1. The van der Waals surface area contributed by atoms with Crippen LogP contribution in [0.25, 0.3) is 0 Å². The molecule has 0 aliphatic carbocycles. The van der Waals surface area contributed by atoms with E-state index in [9.17, 15) is 4.79 Å². The van der Waals surface area contributed by atoms with Crippen molar-refractivity contribution in [3.8, 4) is 0 Å². The second-order valence-electron chi connectivity index (χ2n) is 5.90. The number of amides is 1. The van der Waals surface area contributed by atoms with Gasteiger partial charge in [0.25, 0.3) is 5.91 Å². The van der Waals surface area contributed by atoms with Crippen molar-refractivity contribution in [2.24, 2.45) is 0 Å². The Morgan fingerprint density at radius 1 is 1.17 bits per heavy atom. The Kier molecular flexibility index (Phi) is 4.91. The highest BCUT2D eigenvalue weighted by Crippen LogP contribution is 2.19. The molecular formula is C19H23N3O. The Bertz CT molecular complexity index is 651. The maximum Gasteiger partial charge on any atom is 0.272 e. The van der Waals surface area contributed by atoms with Gasteiger partial charge in [0.15, 0.2) is 0 Å². The number of pyridine rings is 1. The largest absolute Gasteiger partial charge is 0.367 e. The number of anilines is 1. The Labute approximate surface area is 137 Å². The minimum absolute atomic E-state index is 0.0557. The maximum atomic E-state index is 12.5. The van der Waals surface area contributed by atoms with Crippen LogP contribution in [0.5, 0.6) is 0 Å². The van der Waals surface area contributed by atoms with E-state index in [2.05, 4.69) is 41.1 Å². The van der Waals surface area contributed by atoms with Crippen LogP contribution >= 0.6 is 0 Å². The van der Waals surface area contributed by atoms with Crippen LogP contribution in [-0.4, -0.2) is 35.4 Å². The summed E-state index contributed by atoms with van der Waals surface area (Å²) in [5.41, 5.74) is 2.86. The molecule has 120 valence electrons. The highest BCUT2D eigenvalue weighted by Gasteiger charge is 2.21. The Balaban J connectivity index is 1.78. The fourth-order valence-electron chi connectivity index (χ4n) is 3.00. The molecule has 1 saturated heterocycles. The normalized spacial score (nSPS) is 14.0. The lowest BCUT2D eigenvalue weighted by Crippen LogP contribution is -2.29. The van der Waals surface area contributed by atoms with Crippen LogP contribution in [0.2, 0.25) is 0 Å². The van der Waals surface area contributed by atoms with Gasteiger partial charge in [-0.15, -0.1) is 0 Å². The van der Waals surface area contributed by atoms with Crippen LogP contribution in [-0.2, 0) is 6.54 Å². The smallest absolute Gasteiger partial charge is 0.272 e. The lowest BCUT2D eigenvalue weighted by molar-refractivity contribution is 0.0787. The van der Waals surface area contributed by atoms with Crippen LogP contribution in [0.15, 0.2) is 48.7 Å². The summed E-state index contributed by atoms with van der Waals surface area (Å²) in [6.45, 7) is 5.55. The quantitative estimate of drug-likeness (QED) is 0.850. The molecule has 2 aromatic rings. The van der Waals surface area contributed by atoms with Crippen molar-refractivity contribution in [1.82, 2.24) is 9.88 Å². The van der Waals surface area contributed by atoms with Crippen LogP contribution < -0.4 is 4.90 Å².